The van der Waals surface area contributed by atoms with E-state index < -0.39 is 0 Å². The van der Waals surface area contributed by atoms with Crippen LogP contribution in [0.1, 0.15) is 0 Å². The molecular weight excluding hydrogens is 259 g/mol. The highest BCUT2D eigenvalue weighted by molar-refractivity contribution is 9.10. The second-order valence-electron chi connectivity index (χ2n) is 2.99. The fourth-order valence-corrected chi connectivity index (χ4v) is 1.61. The summed E-state index contributed by atoms with van der Waals surface area (Å²) < 4.78 is 19.0. The molecule has 0 heterocycles. The lowest BCUT2D eigenvalue weighted by Crippen LogP contribution is -1.85. The maximum atomic E-state index is 12.8. The minimum absolute atomic E-state index is 0.290. The van der Waals surface area contributed by atoms with Gasteiger partial charge in [-0.25, -0.2) is 4.39 Å². The first-order valence-electron chi connectivity index (χ1n) is 4.43. The maximum absolute atomic E-state index is 12.8. The molecule has 0 N–H and O–H groups in total. The number of rotatable bonds is 2. The third-order valence-electron chi connectivity index (χ3n) is 1.86. The van der Waals surface area contributed by atoms with Crippen LogP contribution in [0.5, 0.6) is 11.5 Å². The molecule has 0 radical (unpaired) electrons. The standard InChI is InChI=1S/C12H8BrFO/c13-11-8-9(14)6-7-12(11)15-10-4-2-1-3-5-10/h1-8H. The summed E-state index contributed by atoms with van der Waals surface area (Å²) >= 11 is 3.24. The number of hydrogen-bond acceptors (Lipinski definition) is 1. The van der Waals surface area contributed by atoms with Crippen molar-refractivity contribution in [2.24, 2.45) is 0 Å². The van der Waals surface area contributed by atoms with Crippen molar-refractivity contribution in [2.45, 2.75) is 0 Å². The number of para-hydroxylation sites is 1. The normalized spacial score (nSPS) is 10.0. The highest BCUT2D eigenvalue weighted by Gasteiger charge is 2.03. The molecular formula is C12H8BrFO. The average molecular weight is 267 g/mol. The van der Waals surface area contributed by atoms with Gasteiger partial charge in [0.25, 0.3) is 0 Å². The molecule has 0 bridgehead atoms. The van der Waals surface area contributed by atoms with E-state index in [0.717, 1.165) is 5.75 Å². The Morgan fingerprint density at radius 3 is 2.40 bits per heavy atom. The number of benzene rings is 2. The number of halogens is 2. The third-order valence-corrected chi connectivity index (χ3v) is 2.48. The molecule has 0 saturated heterocycles. The second kappa shape index (κ2) is 4.45. The van der Waals surface area contributed by atoms with E-state index in [1.807, 2.05) is 30.3 Å². The van der Waals surface area contributed by atoms with E-state index in [1.54, 1.807) is 6.07 Å². The lowest BCUT2D eigenvalue weighted by molar-refractivity contribution is 0.477. The van der Waals surface area contributed by atoms with Gasteiger partial charge in [-0.05, 0) is 46.3 Å². The Kier molecular flexibility index (Phi) is 3.02. The number of ether oxygens (including phenoxy) is 1. The van der Waals surface area contributed by atoms with Crippen molar-refractivity contribution >= 4 is 15.9 Å². The molecule has 0 spiro atoms. The van der Waals surface area contributed by atoms with E-state index in [4.69, 9.17) is 4.74 Å². The summed E-state index contributed by atoms with van der Waals surface area (Å²) in [7, 11) is 0. The highest BCUT2D eigenvalue weighted by atomic mass is 79.9. The Morgan fingerprint density at radius 1 is 1.00 bits per heavy atom. The van der Waals surface area contributed by atoms with Crippen molar-refractivity contribution in [3.63, 3.8) is 0 Å². The fraction of sp³-hybridized carbons (Fsp3) is 0. The summed E-state index contributed by atoms with van der Waals surface area (Å²) in [6.07, 6.45) is 0. The van der Waals surface area contributed by atoms with Crippen molar-refractivity contribution in [2.75, 3.05) is 0 Å². The van der Waals surface area contributed by atoms with Gasteiger partial charge < -0.3 is 4.74 Å². The smallest absolute Gasteiger partial charge is 0.141 e. The summed E-state index contributed by atoms with van der Waals surface area (Å²) in [5.74, 6) is 1.04. The van der Waals surface area contributed by atoms with E-state index in [1.165, 1.54) is 12.1 Å². The van der Waals surface area contributed by atoms with Crippen LogP contribution in [0.3, 0.4) is 0 Å². The summed E-state index contributed by atoms with van der Waals surface area (Å²) in [6, 6.07) is 13.7. The first kappa shape index (κ1) is 10.2. The third kappa shape index (κ3) is 2.57. The number of hydrogen-bond donors (Lipinski definition) is 0. The second-order valence-corrected chi connectivity index (χ2v) is 3.84. The van der Waals surface area contributed by atoms with E-state index in [0.29, 0.717) is 10.2 Å². The van der Waals surface area contributed by atoms with Gasteiger partial charge in [-0.15, -0.1) is 0 Å². The molecule has 76 valence electrons. The highest BCUT2D eigenvalue weighted by Crippen LogP contribution is 2.29. The maximum Gasteiger partial charge on any atom is 0.141 e. The van der Waals surface area contributed by atoms with Gasteiger partial charge >= 0.3 is 0 Å². The zero-order chi connectivity index (χ0) is 10.7. The van der Waals surface area contributed by atoms with Crippen molar-refractivity contribution in [3.05, 3.63) is 58.8 Å². The Morgan fingerprint density at radius 2 is 1.73 bits per heavy atom. The molecule has 0 atom stereocenters. The molecule has 0 unspecified atom stereocenters. The molecule has 2 aromatic carbocycles. The monoisotopic (exact) mass is 266 g/mol. The largest absolute Gasteiger partial charge is 0.456 e. The van der Waals surface area contributed by atoms with Gasteiger partial charge in [-0.3, -0.25) is 0 Å². The molecule has 15 heavy (non-hydrogen) atoms. The summed E-state index contributed by atoms with van der Waals surface area (Å²) in [5.41, 5.74) is 0. The van der Waals surface area contributed by atoms with Crippen molar-refractivity contribution in [1.82, 2.24) is 0 Å². The first-order chi connectivity index (χ1) is 7.25. The average Bonchev–Trinajstić information content (AvgIpc) is 2.24. The van der Waals surface area contributed by atoms with E-state index in [9.17, 15) is 4.39 Å². The van der Waals surface area contributed by atoms with Crippen LogP contribution in [0.2, 0.25) is 0 Å². The minimum atomic E-state index is -0.290. The molecule has 0 fully saturated rings. The van der Waals surface area contributed by atoms with Crippen LogP contribution in [0.25, 0.3) is 0 Å². The van der Waals surface area contributed by atoms with Gasteiger partial charge in [-0.2, -0.15) is 0 Å². The Balaban J connectivity index is 2.25. The van der Waals surface area contributed by atoms with Gasteiger partial charge in [0, 0.05) is 0 Å². The van der Waals surface area contributed by atoms with E-state index >= 15 is 0 Å². The zero-order valence-corrected chi connectivity index (χ0v) is 9.37. The topological polar surface area (TPSA) is 9.23 Å². The molecule has 0 aliphatic carbocycles. The SMILES string of the molecule is Fc1ccc(Oc2ccccc2)c(Br)c1. The minimum Gasteiger partial charge on any atom is -0.456 e. The summed E-state index contributed by atoms with van der Waals surface area (Å²) in [5, 5.41) is 0. The molecule has 0 aromatic heterocycles. The Labute approximate surface area is 95.6 Å². The van der Waals surface area contributed by atoms with Crippen molar-refractivity contribution in [1.29, 1.82) is 0 Å². The summed E-state index contributed by atoms with van der Waals surface area (Å²) in [4.78, 5) is 0. The van der Waals surface area contributed by atoms with Gasteiger partial charge in [0.1, 0.15) is 17.3 Å². The van der Waals surface area contributed by atoms with Crippen LogP contribution in [-0.2, 0) is 0 Å². The lowest BCUT2D eigenvalue weighted by atomic mass is 10.3. The van der Waals surface area contributed by atoms with Crippen LogP contribution in [0.4, 0.5) is 4.39 Å². The Bertz CT molecular complexity index is 456. The molecule has 2 aromatic rings. The molecule has 0 amide bonds. The Hall–Kier alpha value is -1.35. The van der Waals surface area contributed by atoms with Crippen molar-refractivity contribution in [3.8, 4) is 11.5 Å². The van der Waals surface area contributed by atoms with Gasteiger partial charge in [0.05, 0.1) is 4.47 Å². The molecule has 2 rings (SSSR count). The molecule has 0 aliphatic rings. The van der Waals surface area contributed by atoms with Gasteiger partial charge in [0.2, 0.25) is 0 Å². The molecule has 3 heteroatoms. The van der Waals surface area contributed by atoms with Crippen LogP contribution >= 0.6 is 15.9 Å². The summed E-state index contributed by atoms with van der Waals surface area (Å²) in [6.45, 7) is 0. The predicted octanol–water partition coefficient (Wildman–Crippen LogP) is 4.38. The zero-order valence-electron chi connectivity index (χ0n) is 7.78. The fourth-order valence-electron chi connectivity index (χ4n) is 1.17. The quantitative estimate of drug-likeness (QED) is 0.784. The first-order valence-corrected chi connectivity index (χ1v) is 5.23. The van der Waals surface area contributed by atoms with Crippen LogP contribution in [0, 0.1) is 5.82 Å². The molecule has 1 nitrogen and oxygen atoms in total. The van der Waals surface area contributed by atoms with Crippen LogP contribution in [-0.4, -0.2) is 0 Å². The van der Waals surface area contributed by atoms with Crippen LogP contribution < -0.4 is 4.74 Å². The lowest BCUT2D eigenvalue weighted by Gasteiger charge is -2.06. The predicted molar refractivity (Wildman–Crippen MR) is 60.6 cm³/mol. The van der Waals surface area contributed by atoms with E-state index in [-0.39, 0.29) is 5.82 Å². The molecule has 0 saturated carbocycles. The van der Waals surface area contributed by atoms with E-state index in [2.05, 4.69) is 15.9 Å². The van der Waals surface area contributed by atoms with Gasteiger partial charge in [-0.1, -0.05) is 18.2 Å². The molecule has 0 aliphatic heterocycles. The van der Waals surface area contributed by atoms with Gasteiger partial charge in [0.15, 0.2) is 0 Å². The van der Waals surface area contributed by atoms with Crippen molar-refractivity contribution < 1.29 is 9.13 Å². The van der Waals surface area contributed by atoms with Crippen LogP contribution in [0.15, 0.2) is 53.0 Å².